The van der Waals surface area contributed by atoms with Crippen LogP contribution in [0.3, 0.4) is 0 Å². The topological polar surface area (TPSA) is 28.2 Å². The van der Waals surface area contributed by atoms with Crippen LogP contribution >= 0.6 is 0 Å². The van der Waals surface area contributed by atoms with Gasteiger partial charge in [0.25, 0.3) is 0 Å². The Morgan fingerprint density at radius 3 is 3.10 bits per heavy atom. The van der Waals surface area contributed by atoms with E-state index < -0.39 is 0 Å². The van der Waals surface area contributed by atoms with Crippen LogP contribution in [0.1, 0.15) is 31.7 Å². The number of pyridine rings is 1. The van der Waals surface area contributed by atoms with Gasteiger partial charge in [0.1, 0.15) is 0 Å². The highest BCUT2D eigenvalue weighted by molar-refractivity contribution is 5.81. The summed E-state index contributed by atoms with van der Waals surface area (Å²) in [5.41, 5.74) is 2.51. The average Bonchev–Trinajstić information content (AvgIpc) is 2.73. The summed E-state index contributed by atoms with van der Waals surface area (Å²) in [6.07, 6.45) is 5.65. The van der Waals surface area contributed by atoms with E-state index in [1.165, 1.54) is 36.8 Å². The van der Waals surface area contributed by atoms with Crippen molar-refractivity contribution in [3.63, 3.8) is 0 Å². The van der Waals surface area contributed by atoms with E-state index in [-0.39, 0.29) is 0 Å². The Hall–Kier alpha value is -1.45. The molecule has 1 aromatic carbocycles. The third kappa shape index (κ3) is 3.60. The van der Waals surface area contributed by atoms with Crippen LogP contribution < -0.4 is 5.32 Å². The first kappa shape index (κ1) is 14.5. The van der Waals surface area contributed by atoms with Crippen LogP contribution in [0.5, 0.6) is 0 Å². The van der Waals surface area contributed by atoms with Crippen molar-refractivity contribution >= 4 is 10.9 Å². The first-order valence-electron chi connectivity index (χ1n) is 8.15. The summed E-state index contributed by atoms with van der Waals surface area (Å²) in [5.74, 6) is 0. The highest BCUT2D eigenvalue weighted by Gasteiger charge is 2.17. The van der Waals surface area contributed by atoms with Gasteiger partial charge in [-0.1, -0.05) is 37.6 Å². The van der Waals surface area contributed by atoms with Gasteiger partial charge in [0.2, 0.25) is 0 Å². The second-order valence-corrected chi connectivity index (χ2v) is 6.02. The van der Waals surface area contributed by atoms with Crippen LogP contribution in [-0.4, -0.2) is 35.6 Å². The molecule has 0 saturated carbocycles. The van der Waals surface area contributed by atoms with Crippen LogP contribution in [0.4, 0.5) is 0 Å². The summed E-state index contributed by atoms with van der Waals surface area (Å²) >= 11 is 0. The Morgan fingerprint density at radius 1 is 1.29 bits per heavy atom. The van der Waals surface area contributed by atoms with E-state index in [1.807, 2.05) is 12.3 Å². The molecule has 1 aliphatic rings. The van der Waals surface area contributed by atoms with Crippen LogP contribution in [0.25, 0.3) is 10.9 Å². The predicted molar refractivity (Wildman–Crippen MR) is 88.3 cm³/mol. The molecule has 0 radical (unpaired) electrons. The quantitative estimate of drug-likeness (QED) is 0.934. The molecule has 1 saturated heterocycles. The molecule has 112 valence electrons. The fourth-order valence-corrected chi connectivity index (χ4v) is 3.30. The van der Waals surface area contributed by atoms with Crippen LogP contribution in [0, 0.1) is 0 Å². The molecule has 0 amide bonds. The van der Waals surface area contributed by atoms with Gasteiger partial charge in [-0.25, -0.2) is 0 Å². The van der Waals surface area contributed by atoms with Gasteiger partial charge < -0.3 is 5.32 Å². The minimum absolute atomic E-state index is 0.639. The number of nitrogens with zero attached hydrogens (tertiary/aromatic N) is 2. The molecular formula is C18H25N3. The molecule has 1 N–H and O–H groups in total. The van der Waals surface area contributed by atoms with Gasteiger partial charge in [0.05, 0.1) is 5.52 Å². The van der Waals surface area contributed by atoms with E-state index in [2.05, 4.69) is 46.4 Å². The minimum atomic E-state index is 0.639. The Bertz CT molecular complexity index is 576. The van der Waals surface area contributed by atoms with Crippen molar-refractivity contribution in [3.8, 4) is 0 Å². The number of rotatable bonds is 4. The van der Waals surface area contributed by atoms with Gasteiger partial charge in [-0.15, -0.1) is 0 Å². The van der Waals surface area contributed by atoms with Crippen molar-refractivity contribution < 1.29 is 0 Å². The summed E-state index contributed by atoms with van der Waals surface area (Å²) in [5, 5.41) is 4.92. The highest BCUT2D eigenvalue weighted by Crippen LogP contribution is 2.18. The summed E-state index contributed by atoms with van der Waals surface area (Å²) in [4.78, 5) is 7.17. The third-order valence-corrected chi connectivity index (χ3v) is 4.31. The predicted octanol–water partition coefficient (Wildman–Crippen LogP) is 3.20. The molecule has 1 aliphatic heterocycles. The molecule has 1 aromatic heterocycles. The largest absolute Gasteiger partial charge is 0.313 e. The molecule has 0 bridgehead atoms. The van der Waals surface area contributed by atoms with Gasteiger partial charge in [-0.2, -0.15) is 0 Å². The molecule has 0 spiro atoms. The number of hydrogen-bond acceptors (Lipinski definition) is 3. The summed E-state index contributed by atoms with van der Waals surface area (Å²) in [6.45, 7) is 6.75. The number of hydrogen-bond donors (Lipinski definition) is 1. The molecular weight excluding hydrogens is 258 g/mol. The lowest BCUT2D eigenvalue weighted by atomic mass is 10.1. The van der Waals surface area contributed by atoms with E-state index in [0.29, 0.717) is 6.04 Å². The van der Waals surface area contributed by atoms with E-state index >= 15 is 0 Å². The van der Waals surface area contributed by atoms with Crippen molar-refractivity contribution in [3.05, 3.63) is 42.1 Å². The molecule has 3 rings (SSSR count). The number of benzene rings is 1. The van der Waals surface area contributed by atoms with Crippen molar-refractivity contribution in [1.29, 1.82) is 0 Å². The Morgan fingerprint density at radius 2 is 2.19 bits per heavy atom. The minimum Gasteiger partial charge on any atom is -0.313 e. The number of fused-ring (bicyclic) bond motifs is 1. The SMILES string of the molecule is CCCC1CN(Cc2cccc3cccnc23)CCCN1. The van der Waals surface area contributed by atoms with Gasteiger partial charge in [-0.05, 0) is 37.6 Å². The number of para-hydroxylation sites is 1. The maximum absolute atomic E-state index is 4.58. The van der Waals surface area contributed by atoms with Crippen molar-refractivity contribution in [2.24, 2.45) is 0 Å². The van der Waals surface area contributed by atoms with Crippen molar-refractivity contribution in [2.75, 3.05) is 19.6 Å². The average molecular weight is 283 g/mol. The number of aromatic nitrogens is 1. The number of nitrogens with one attached hydrogen (secondary N) is 1. The maximum atomic E-state index is 4.58. The standard InChI is InChI=1S/C18H25N3/c1-2-6-17-14-21(12-5-11-19-17)13-16-8-3-7-15-9-4-10-20-18(15)16/h3-4,7-10,17,19H,2,5-6,11-14H2,1H3. The molecule has 0 aliphatic carbocycles. The van der Waals surface area contributed by atoms with Gasteiger partial charge >= 0.3 is 0 Å². The van der Waals surface area contributed by atoms with Crippen molar-refractivity contribution in [2.45, 2.75) is 38.8 Å². The first-order chi connectivity index (χ1) is 10.4. The van der Waals surface area contributed by atoms with Gasteiger partial charge in [0, 0.05) is 30.7 Å². The maximum Gasteiger partial charge on any atom is 0.0746 e. The fourth-order valence-electron chi connectivity index (χ4n) is 3.30. The summed E-state index contributed by atoms with van der Waals surface area (Å²) < 4.78 is 0. The molecule has 2 heterocycles. The Balaban J connectivity index is 1.77. The van der Waals surface area contributed by atoms with Crippen LogP contribution in [0.15, 0.2) is 36.5 Å². The second-order valence-electron chi connectivity index (χ2n) is 6.02. The highest BCUT2D eigenvalue weighted by atomic mass is 15.2. The van der Waals surface area contributed by atoms with Crippen molar-refractivity contribution in [1.82, 2.24) is 15.2 Å². The molecule has 1 fully saturated rings. The van der Waals surface area contributed by atoms with E-state index in [4.69, 9.17) is 0 Å². The van der Waals surface area contributed by atoms with E-state index in [0.717, 1.165) is 25.2 Å². The van der Waals surface area contributed by atoms with Crippen LogP contribution in [0.2, 0.25) is 0 Å². The normalized spacial score (nSPS) is 20.5. The molecule has 3 nitrogen and oxygen atoms in total. The smallest absolute Gasteiger partial charge is 0.0746 e. The molecule has 1 unspecified atom stereocenters. The zero-order valence-electron chi connectivity index (χ0n) is 12.9. The zero-order valence-corrected chi connectivity index (χ0v) is 12.9. The first-order valence-corrected chi connectivity index (χ1v) is 8.15. The van der Waals surface area contributed by atoms with E-state index in [1.54, 1.807) is 0 Å². The Labute approximate surface area is 127 Å². The molecule has 21 heavy (non-hydrogen) atoms. The Kier molecular flexibility index (Phi) is 4.84. The monoisotopic (exact) mass is 283 g/mol. The lowest BCUT2D eigenvalue weighted by Crippen LogP contribution is -2.37. The molecule has 1 atom stereocenters. The third-order valence-electron chi connectivity index (χ3n) is 4.31. The van der Waals surface area contributed by atoms with Gasteiger partial charge in [-0.3, -0.25) is 9.88 Å². The van der Waals surface area contributed by atoms with E-state index in [9.17, 15) is 0 Å². The second kappa shape index (κ2) is 7.01. The molecule has 2 aromatic rings. The fraction of sp³-hybridized carbons (Fsp3) is 0.500. The lowest BCUT2D eigenvalue weighted by molar-refractivity contribution is 0.255. The summed E-state index contributed by atoms with van der Waals surface area (Å²) in [6, 6.07) is 11.3. The zero-order chi connectivity index (χ0) is 14.5. The van der Waals surface area contributed by atoms with Crippen LogP contribution in [-0.2, 0) is 6.54 Å². The molecule has 3 heteroatoms. The lowest BCUT2D eigenvalue weighted by Gasteiger charge is -2.24. The van der Waals surface area contributed by atoms with Gasteiger partial charge in [0.15, 0.2) is 0 Å². The summed E-state index contributed by atoms with van der Waals surface area (Å²) in [7, 11) is 0.